The van der Waals surface area contributed by atoms with Gasteiger partial charge in [-0.1, -0.05) is 0 Å². The van der Waals surface area contributed by atoms with Crippen LogP contribution in [0.1, 0.15) is 23.0 Å². The molecule has 2 heterocycles. The van der Waals surface area contributed by atoms with Gasteiger partial charge in [-0.15, -0.1) is 24.8 Å². The van der Waals surface area contributed by atoms with Crippen molar-refractivity contribution >= 4 is 42.1 Å². The first kappa shape index (κ1) is 20.9. The van der Waals surface area contributed by atoms with Gasteiger partial charge in [0.1, 0.15) is 0 Å². The number of aryl methyl sites for hydroxylation is 1. The predicted octanol–water partition coefficient (Wildman–Crippen LogP) is 3.38. The van der Waals surface area contributed by atoms with Crippen molar-refractivity contribution in [3.63, 3.8) is 0 Å². The highest BCUT2D eigenvalue weighted by Gasteiger charge is 2.19. The zero-order chi connectivity index (χ0) is 14.7. The molecule has 0 saturated heterocycles. The van der Waals surface area contributed by atoms with Crippen LogP contribution in [-0.4, -0.2) is 35.4 Å². The molecule has 7 heteroatoms. The second-order valence-electron chi connectivity index (χ2n) is 4.84. The van der Waals surface area contributed by atoms with Gasteiger partial charge in [0.05, 0.1) is 17.0 Å². The SMILES string of the molecule is Cc1nc(-c2ccsc2)ccc1C(=O)N(C)C(C)CN.Cl.Cl. The van der Waals surface area contributed by atoms with Gasteiger partial charge < -0.3 is 10.6 Å². The molecule has 0 aliphatic rings. The molecule has 2 rings (SSSR count). The molecule has 2 aromatic heterocycles. The maximum atomic E-state index is 12.4. The Morgan fingerprint density at radius 3 is 2.55 bits per heavy atom. The highest BCUT2D eigenvalue weighted by molar-refractivity contribution is 7.08. The summed E-state index contributed by atoms with van der Waals surface area (Å²) in [5, 5.41) is 4.06. The van der Waals surface area contributed by atoms with Crippen LogP contribution in [-0.2, 0) is 0 Å². The first-order valence-electron chi connectivity index (χ1n) is 6.52. The molecule has 1 atom stereocenters. The van der Waals surface area contributed by atoms with Gasteiger partial charge >= 0.3 is 0 Å². The third-order valence-electron chi connectivity index (χ3n) is 3.46. The van der Waals surface area contributed by atoms with E-state index in [1.165, 1.54) is 0 Å². The average Bonchev–Trinajstić information content (AvgIpc) is 2.99. The number of thiophene rings is 1. The first-order chi connectivity index (χ1) is 9.54. The maximum Gasteiger partial charge on any atom is 0.255 e. The van der Waals surface area contributed by atoms with E-state index in [2.05, 4.69) is 4.98 Å². The Morgan fingerprint density at radius 2 is 2.05 bits per heavy atom. The normalized spacial score (nSPS) is 11.1. The predicted molar refractivity (Wildman–Crippen MR) is 97.4 cm³/mol. The third-order valence-corrected chi connectivity index (χ3v) is 4.14. The Hall–Kier alpha value is -1.14. The lowest BCUT2D eigenvalue weighted by molar-refractivity contribution is 0.0747. The van der Waals surface area contributed by atoms with E-state index >= 15 is 0 Å². The van der Waals surface area contributed by atoms with Crippen molar-refractivity contribution < 1.29 is 4.79 Å². The number of carbonyl (C=O) groups is 1. The van der Waals surface area contributed by atoms with Gasteiger partial charge in [-0.05, 0) is 37.4 Å². The summed E-state index contributed by atoms with van der Waals surface area (Å²) in [6, 6.07) is 5.77. The molecule has 22 heavy (non-hydrogen) atoms. The molecule has 0 radical (unpaired) electrons. The Bertz CT molecular complexity index is 605. The molecule has 0 bridgehead atoms. The fourth-order valence-electron chi connectivity index (χ4n) is 1.91. The third kappa shape index (κ3) is 4.43. The lowest BCUT2D eigenvalue weighted by Crippen LogP contribution is -2.40. The molecule has 2 aromatic rings. The fourth-order valence-corrected chi connectivity index (χ4v) is 2.56. The molecule has 1 unspecified atom stereocenters. The topological polar surface area (TPSA) is 59.2 Å². The second kappa shape index (κ2) is 9.10. The molecule has 0 fully saturated rings. The average molecular weight is 362 g/mol. The highest BCUT2D eigenvalue weighted by Crippen LogP contribution is 2.22. The molecule has 0 aliphatic carbocycles. The van der Waals surface area contributed by atoms with E-state index in [9.17, 15) is 4.79 Å². The summed E-state index contributed by atoms with van der Waals surface area (Å²) in [5.41, 5.74) is 8.97. The molecule has 0 aromatic carbocycles. The number of rotatable bonds is 4. The highest BCUT2D eigenvalue weighted by atomic mass is 35.5. The standard InChI is InChI=1S/C15H19N3OS.2ClH/c1-10(8-16)18(3)15(19)13-4-5-14(17-11(13)2)12-6-7-20-9-12;;/h4-7,9-10H,8,16H2,1-3H3;2*1H. The van der Waals surface area contributed by atoms with Crippen LogP contribution in [0.5, 0.6) is 0 Å². The molecule has 4 nitrogen and oxygen atoms in total. The monoisotopic (exact) mass is 361 g/mol. The van der Waals surface area contributed by atoms with Gasteiger partial charge in [-0.2, -0.15) is 11.3 Å². The zero-order valence-corrected chi connectivity index (χ0v) is 15.2. The second-order valence-corrected chi connectivity index (χ2v) is 5.62. The molecular weight excluding hydrogens is 341 g/mol. The summed E-state index contributed by atoms with van der Waals surface area (Å²) in [4.78, 5) is 18.6. The molecule has 0 saturated carbocycles. The van der Waals surface area contributed by atoms with E-state index in [1.807, 2.05) is 42.8 Å². The van der Waals surface area contributed by atoms with E-state index in [1.54, 1.807) is 23.3 Å². The largest absolute Gasteiger partial charge is 0.338 e. The van der Waals surface area contributed by atoms with E-state index in [0.717, 1.165) is 17.0 Å². The van der Waals surface area contributed by atoms with Crippen LogP contribution in [0.3, 0.4) is 0 Å². The van der Waals surface area contributed by atoms with Crippen molar-refractivity contribution in [2.24, 2.45) is 5.73 Å². The number of likely N-dealkylation sites (N-methyl/N-ethyl adjacent to an activating group) is 1. The molecule has 0 spiro atoms. The lowest BCUT2D eigenvalue weighted by Gasteiger charge is -2.24. The van der Waals surface area contributed by atoms with Gasteiger partial charge in [-0.25, -0.2) is 0 Å². The van der Waals surface area contributed by atoms with Crippen LogP contribution in [0, 0.1) is 6.92 Å². The quantitative estimate of drug-likeness (QED) is 0.907. The number of carbonyl (C=O) groups excluding carboxylic acids is 1. The van der Waals surface area contributed by atoms with Crippen molar-refractivity contribution in [1.82, 2.24) is 9.88 Å². The lowest BCUT2D eigenvalue weighted by atomic mass is 10.1. The van der Waals surface area contributed by atoms with E-state index in [0.29, 0.717) is 12.1 Å². The van der Waals surface area contributed by atoms with Crippen LogP contribution in [0.25, 0.3) is 11.3 Å². The Morgan fingerprint density at radius 1 is 1.36 bits per heavy atom. The minimum absolute atomic E-state index is 0. The van der Waals surface area contributed by atoms with Crippen LogP contribution in [0.4, 0.5) is 0 Å². The number of halogens is 2. The Balaban J connectivity index is 0.00000220. The van der Waals surface area contributed by atoms with E-state index in [-0.39, 0.29) is 36.8 Å². The van der Waals surface area contributed by atoms with Gasteiger partial charge in [0.2, 0.25) is 0 Å². The van der Waals surface area contributed by atoms with E-state index < -0.39 is 0 Å². The summed E-state index contributed by atoms with van der Waals surface area (Å²) < 4.78 is 0. The number of nitrogens with zero attached hydrogens (tertiary/aromatic N) is 2. The summed E-state index contributed by atoms with van der Waals surface area (Å²) in [5.74, 6) is -0.0372. The van der Waals surface area contributed by atoms with E-state index in [4.69, 9.17) is 5.73 Å². The van der Waals surface area contributed by atoms with Gasteiger partial charge in [0.15, 0.2) is 0 Å². The minimum Gasteiger partial charge on any atom is -0.338 e. The number of aromatic nitrogens is 1. The van der Waals surface area contributed by atoms with Crippen molar-refractivity contribution in [2.75, 3.05) is 13.6 Å². The van der Waals surface area contributed by atoms with Gasteiger partial charge in [-0.3, -0.25) is 9.78 Å². The van der Waals surface area contributed by atoms with Crippen molar-refractivity contribution in [3.05, 3.63) is 40.2 Å². The summed E-state index contributed by atoms with van der Waals surface area (Å²) in [6.45, 7) is 4.24. The minimum atomic E-state index is -0.0372. The first-order valence-corrected chi connectivity index (χ1v) is 7.46. The summed E-state index contributed by atoms with van der Waals surface area (Å²) in [7, 11) is 1.77. The number of pyridine rings is 1. The number of hydrogen-bond acceptors (Lipinski definition) is 4. The number of nitrogens with two attached hydrogens (primary N) is 1. The smallest absolute Gasteiger partial charge is 0.255 e. The fraction of sp³-hybridized carbons (Fsp3) is 0.333. The zero-order valence-electron chi connectivity index (χ0n) is 12.8. The Kier molecular flexibility index (Phi) is 8.63. The molecule has 122 valence electrons. The molecular formula is C15H21Cl2N3OS. The van der Waals surface area contributed by atoms with Crippen LogP contribution in [0.15, 0.2) is 29.0 Å². The van der Waals surface area contributed by atoms with Crippen molar-refractivity contribution in [1.29, 1.82) is 0 Å². The van der Waals surface area contributed by atoms with Crippen molar-refractivity contribution in [2.45, 2.75) is 19.9 Å². The number of amides is 1. The van der Waals surface area contributed by atoms with Gasteiger partial charge in [0, 0.05) is 30.6 Å². The summed E-state index contributed by atoms with van der Waals surface area (Å²) in [6.07, 6.45) is 0. The van der Waals surface area contributed by atoms with Crippen LogP contribution in [0.2, 0.25) is 0 Å². The number of hydrogen-bond donors (Lipinski definition) is 1. The maximum absolute atomic E-state index is 12.4. The molecule has 1 amide bonds. The van der Waals surface area contributed by atoms with Crippen LogP contribution < -0.4 is 5.73 Å². The summed E-state index contributed by atoms with van der Waals surface area (Å²) >= 11 is 1.63. The van der Waals surface area contributed by atoms with Crippen molar-refractivity contribution in [3.8, 4) is 11.3 Å². The Labute approximate surface area is 147 Å². The van der Waals surface area contributed by atoms with Crippen LogP contribution >= 0.6 is 36.2 Å². The van der Waals surface area contributed by atoms with Gasteiger partial charge in [0.25, 0.3) is 5.91 Å². The molecule has 2 N–H and O–H groups in total. The molecule has 0 aliphatic heterocycles.